The Hall–Kier alpha value is -0.130. The zero-order valence-corrected chi connectivity index (χ0v) is 12.1. The topological polar surface area (TPSA) is 55.4 Å². The smallest absolute Gasteiger partial charge is 0.151 e. The van der Waals surface area contributed by atoms with Gasteiger partial charge in [0.2, 0.25) is 0 Å². The molecule has 2 unspecified atom stereocenters. The molecule has 0 aromatic heterocycles. The van der Waals surface area contributed by atoms with Gasteiger partial charge in [-0.2, -0.15) is 0 Å². The third-order valence-corrected chi connectivity index (χ3v) is 4.99. The summed E-state index contributed by atoms with van der Waals surface area (Å²) in [6.45, 7) is 7.38. The quantitative estimate of drug-likeness (QED) is 0.786. The van der Waals surface area contributed by atoms with Crippen LogP contribution in [0, 0.1) is 0 Å². The molecule has 1 saturated carbocycles. The van der Waals surface area contributed by atoms with Gasteiger partial charge in [-0.1, -0.05) is 6.42 Å². The van der Waals surface area contributed by atoms with Crippen LogP contribution in [0.25, 0.3) is 0 Å². The van der Waals surface area contributed by atoms with Crippen LogP contribution < -0.4 is 5.32 Å². The molecule has 1 N–H and O–H groups in total. The van der Waals surface area contributed by atoms with E-state index in [1.165, 1.54) is 6.26 Å². The van der Waals surface area contributed by atoms with E-state index in [0.717, 1.165) is 19.3 Å². The fourth-order valence-corrected chi connectivity index (χ4v) is 3.91. The minimum absolute atomic E-state index is 0.0877. The molecular weight excluding hydrogens is 238 g/mol. The lowest BCUT2D eigenvalue weighted by Gasteiger charge is -2.28. The summed E-state index contributed by atoms with van der Waals surface area (Å²) in [6, 6.07) is 0.0877. The van der Waals surface area contributed by atoms with Gasteiger partial charge in [0, 0.05) is 25.4 Å². The van der Waals surface area contributed by atoms with E-state index in [9.17, 15) is 8.42 Å². The molecule has 102 valence electrons. The van der Waals surface area contributed by atoms with Crippen molar-refractivity contribution in [2.75, 3.05) is 19.4 Å². The van der Waals surface area contributed by atoms with E-state index in [2.05, 4.69) is 5.32 Å². The maximum Gasteiger partial charge on any atom is 0.151 e. The van der Waals surface area contributed by atoms with Crippen LogP contribution >= 0.6 is 0 Å². The summed E-state index contributed by atoms with van der Waals surface area (Å²) in [4.78, 5) is 0. The van der Waals surface area contributed by atoms with Gasteiger partial charge in [0.15, 0.2) is 9.84 Å². The van der Waals surface area contributed by atoms with E-state index in [-0.39, 0.29) is 16.9 Å². The molecule has 0 bridgehead atoms. The lowest BCUT2D eigenvalue weighted by atomic mass is 10.1. The van der Waals surface area contributed by atoms with Crippen LogP contribution in [0.2, 0.25) is 0 Å². The van der Waals surface area contributed by atoms with Crippen molar-refractivity contribution in [2.45, 2.75) is 56.9 Å². The molecule has 17 heavy (non-hydrogen) atoms. The standard InChI is InChI=1S/C12H25NO3S/c1-5-16-12(2,3)9-13-10-7-6-8-11(10)17(4,14)15/h10-11,13H,5-9H2,1-4H3. The third kappa shape index (κ3) is 4.56. The highest BCUT2D eigenvalue weighted by Crippen LogP contribution is 2.25. The van der Waals surface area contributed by atoms with Crippen molar-refractivity contribution in [2.24, 2.45) is 0 Å². The Labute approximate surface area is 105 Å². The summed E-state index contributed by atoms with van der Waals surface area (Å²) in [5.74, 6) is 0. The van der Waals surface area contributed by atoms with Crippen molar-refractivity contribution in [1.82, 2.24) is 5.32 Å². The molecular formula is C12H25NO3S. The summed E-state index contributed by atoms with van der Waals surface area (Å²) < 4.78 is 28.8. The van der Waals surface area contributed by atoms with Crippen molar-refractivity contribution in [1.29, 1.82) is 0 Å². The lowest BCUT2D eigenvalue weighted by molar-refractivity contribution is -0.0104. The highest BCUT2D eigenvalue weighted by Gasteiger charge is 2.35. The van der Waals surface area contributed by atoms with Crippen LogP contribution in [-0.2, 0) is 14.6 Å². The lowest BCUT2D eigenvalue weighted by Crippen LogP contribution is -2.47. The third-order valence-electron chi connectivity index (χ3n) is 3.33. The minimum atomic E-state index is -2.94. The molecule has 0 aliphatic heterocycles. The van der Waals surface area contributed by atoms with Gasteiger partial charge in [-0.15, -0.1) is 0 Å². The number of nitrogens with one attached hydrogen (secondary N) is 1. The van der Waals surface area contributed by atoms with E-state index in [1.54, 1.807) is 0 Å². The zero-order chi connectivity index (χ0) is 13.1. The number of hydrogen-bond donors (Lipinski definition) is 1. The maximum atomic E-state index is 11.6. The second-order valence-corrected chi connectivity index (χ2v) is 7.74. The van der Waals surface area contributed by atoms with Gasteiger partial charge in [-0.3, -0.25) is 0 Å². The number of sulfone groups is 1. The fourth-order valence-electron chi connectivity index (χ4n) is 2.49. The first-order valence-corrected chi connectivity index (χ1v) is 8.28. The predicted octanol–water partition coefficient (Wildman–Crippen LogP) is 1.36. The summed E-state index contributed by atoms with van der Waals surface area (Å²) in [5, 5.41) is 3.14. The fraction of sp³-hybridized carbons (Fsp3) is 1.00. The first-order chi connectivity index (χ1) is 7.76. The molecule has 0 aromatic carbocycles. The molecule has 0 spiro atoms. The largest absolute Gasteiger partial charge is 0.375 e. The Kier molecular flexibility index (Phi) is 4.98. The Morgan fingerprint density at radius 3 is 2.53 bits per heavy atom. The van der Waals surface area contributed by atoms with E-state index < -0.39 is 9.84 Å². The molecule has 4 nitrogen and oxygen atoms in total. The molecule has 1 fully saturated rings. The minimum Gasteiger partial charge on any atom is -0.375 e. The number of ether oxygens (including phenoxy) is 1. The Morgan fingerprint density at radius 2 is 2.00 bits per heavy atom. The SMILES string of the molecule is CCOC(C)(C)CNC1CCCC1S(C)(=O)=O. The van der Waals surface area contributed by atoms with E-state index in [0.29, 0.717) is 13.2 Å². The monoisotopic (exact) mass is 263 g/mol. The van der Waals surface area contributed by atoms with Crippen molar-refractivity contribution in [3.63, 3.8) is 0 Å². The van der Waals surface area contributed by atoms with Crippen molar-refractivity contribution in [3.8, 4) is 0 Å². The van der Waals surface area contributed by atoms with Crippen molar-refractivity contribution < 1.29 is 13.2 Å². The maximum absolute atomic E-state index is 11.6. The normalized spacial score (nSPS) is 26.4. The van der Waals surface area contributed by atoms with Crippen LogP contribution in [0.3, 0.4) is 0 Å². The van der Waals surface area contributed by atoms with Gasteiger partial charge in [-0.25, -0.2) is 8.42 Å². The average Bonchev–Trinajstić information content (AvgIpc) is 2.61. The van der Waals surface area contributed by atoms with Crippen LogP contribution in [-0.4, -0.2) is 44.7 Å². The summed E-state index contributed by atoms with van der Waals surface area (Å²) in [5.41, 5.74) is -0.237. The Bertz CT molecular complexity index is 338. The first-order valence-electron chi connectivity index (χ1n) is 6.32. The predicted molar refractivity (Wildman–Crippen MR) is 70.0 cm³/mol. The van der Waals surface area contributed by atoms with Gasteiger partial charge in [-0.05, 0) is 33.6 Å². The van der Waals surface area contributed by atoms with E-state index in [4.69, 9.17) is 4.74 Å². The molecule has 1 rings (SSSR count). The molecule has 0 aromatic rings. The highest BCUT2D eigenvalue weighted by molar-refractivity contribution is 7.91. The van der Waals surface area contributed by atoms with Crippen LogP contribution in [0.1, 0.15) is 40.0 Å². The second-order valence-electron chi connectivity index (χ2n) is 5.48. The molecule has 0 radical (unpaired) electrons. The summed E-state index contributed by atoms with van der Waals surface area (Å²) in [6.07, 6.45) is 4.06. The van der Waals surface area contributed by atoms with E-state index in [1.807, 2.05) is 20.8 Å². The number of hydrogen-bond acceptors (Lipinski definition) is 4. The van der Waals surface area contributed by atoms with Gasteiger partial charge >= 0.3 is 0 Å². The summed E-state index contributed by atoms with van der Waals surface area (Å²) in [7, 11) is -2.94. The zero-order valence-electron chi connectivity index (χ0n) is 11.3. The van der Waals surface area contributed by atoms with Gasteiger partial charge in [0.05, 0.1) is 10.9 Å². The van der Waals surface area contributed by atoms with Crippen LogP contribution in [0.4, 0.5) is 0 Å². The Balaban J connectivity index is 2.52. The van der Waals surface area contributed by atoms with Crippen LogP contribution in [0.5, 0.6) is 0 Å². The average molecular weight is 263 g/mol. The molecule has 0 heterocycles. The first kappa shape index (κ1) is 14.9. The molecule has 1 aliphatic rings. The van der Waals surface area contributed by atoms with Gasteiger partial charge < -0.3 is 10.1 Å². The van der Waals surface area contributed by atoms with Crippen molar-refractivity contribution >= 4 is 9.84 Å². The molecule has 5 heteroatoms. The molecule has 1 aliphatic carbocycles. The molecule has 0 amide bonds. The second kappa shape index (κ2) is 5.67. The van der Waals surface area contributed by atoms with Gasteiger partial charge in [0.25, 0.3) is 0 Å². The summed E-state index contributed by atoms with van der Waals surface area (Å²) >= 11 is 0. The van der Waals surface area contributed by atoms with E-state index >= 15 is 0 Å². The molecule has 0 saturated heterocycles. The highest BCUT2D eigenvalue weighted by atomic mass is 32.2. The Morgan fingerprint density at radius 1 is 1.35 bits per heavy atom. The van der Waals surface area contributed by atoms with Crippen molar-refractivity contribution in [3.05, 3.63) is 0 Å². The van der Waals surface area contributed by atoms with Gasteiger partial charge in [0.1, 0.15) is 0 Å². The molecule has 2 atom stereocenters. The number of rotatable bonds is 6. The van der Waals surface area contributed by atoms with Crippen LogP contribution in [0.15, 0.2) is 0 Å².